The molecule has 1 aromatic heterocycles. The molecular formula is C27H35F2N5O4. The lowest BCUT2D eigenvalue weighted by Crippen LogP contribution is -2.65. The standard InChI is InChI=1S/C27H35F2N5O4/c1-18-12-33(25-30-10-22(11-31-25)37-15-23(35)24(28)29)13-19(2)34(18)26(36)38-21-8-27(9-21)16-32(17-27)14-20-6-4-3-5-7-20/h3-7,10-11,18-19,21,23-24,35H,8-9,12-17H2,1-2H3/t18-,19+,23?. The summed E-state index contributed by atoms with van der Waals surface area (Å²) < 4.78 is 35.9. The number of carbonyl (C=O) groups is 1. The van der Waals surface area contributed by atoms with Gasteiger partial charge in [0.05, 0.1) is 24.5 Å². The fraction of sp³-hybridized carbons (Fsp3) is 0.593. The number of benzene rings is 1. The summed E-state index contributed by atoms with van der Waals surface area (Å²) in [4.78, 5) is 27.8. The Labute approximate surface area is 221 Å². The molecule has 5 rings (SSSR count). The van der Waals surface area contributed by atoms with Crippen molar-refractivity contribution in [2.24, 2.45) is 5.41 Å². The van der Waals surface area contributed by atoms with Gasteiger partial charge in [0.1, 0.15) is 18.8 Å². The molecule has 1 unspecified atom stereocenters. The first kappa shape index (κ1) is 26.6. The Hall–Kier alpha value is -3.05. The molecular weight excluding hydrogens is 496 g/mol. The number of aromatic nitrogens is 2. The molecule has 1 spiro atoms. The summed E-state index contributed by atoms with van der Waals surface area (Å²) in [7, 11) is 0. The van der Waals surface area contributed by atoms with Crippen LogP contribution in [0.25, 0.3) is 0 Å². The average molecular weight is 532 g/mol. The van der Waals surface area contributed by atoms with Gasteiger partial charge in [-0.3, -0.25) is 9.80 Å². The minimum atomic E-state index is -2.87. The van der Waals surface area contributed by atoms with Gasteiger partial charge in [-0.25, -0.2) is 23.5 Å². The zero-order chi connectivity index (χ0) is 26.9. The SMILES string of the molecule is C[C@@H]1CN(c2ncc(OCC(O)C(F)F)cn2)C[C@H](C)N1C(=O)OC1CC2(C1)CN(Cc1ccccc1)C2. The Bertz CT molecular complexity index is 1070. The first-order chi connectivity index (χ1) is 18.2. The van der Waals surface area contributed by atoms with E-state index in [9.17, 15) is 18.7 Å². The predicted octanol–water partition coefficient (Wildman–Crippen LogP) is 3.18. The number of aliphatic hydroxyl groups excluding tert-OH is 1. The van der Waals surface area contributed by atoms with Crippen LogP contribution >= 0.6 is 0 Å². The summed E-state index contributed by atoms with van der Waals surface area (Å²) in [5.41, 5.74) is 1.62. The van der Waals surface area contributed by atoms with E-state index >= 15 is 0 Å². The third-order valence-corrected chi connectivity index (χ3v) is 7.69. The number of likely N-dealkylation sites (tertiary alicyclic amines) is 1. The van der Waals surface area contributed by atoms with E-state index in [0.29, 0.717) is 24.5 Å². The van der Waals surface area contributed by atoms with Crippen LogP contribution in [-0.2, 0) is 11.3 Å². The lowest BCUT2D eigenvalue weighted by atomic mass is 9.61. The highest BCUT2D eigenvalue weighted by atomic mass is 19.3. The fourth-order valence-electron chi connectivity index (χ4n) is 5.95. The molecule has 3 heterocycles. The lowest BCUT2D eigenvalue weighted by molar-refractivity contribution is -0.137. The van der Waals surface area contributed by atoms with Gasteiger partial charge < -0.3 is 19.5 Å². The largest absolute Gasteiger partial charge is 0.487 e. The van der Waals surface area contributed by atoms with E-state index in [0.717, 1.165) is 32.5 Å². The van der Waals surface area contributed by atoms with E-state index in [-0.39, 0.29) is 30.0 Å². The Morgan fingerprint density at radius 3 is 2.34 bits per heavy atom. The molecule has 0 radical (unpaired) electrons. The van der Waals surface area contributed by atoms with Gasteiger partial charge in [-0.1, -0.05) is 30.3 Å². The third-order valence-electron chi connectivity index (χ3n) is 7.69. The molecule has 1 aliphatic carbocycles. The Morgan fingerprint density at radius 1 is 1.11 bits per heavy atom. The van der Waals surface area contributed by atoms with Crippen LogP contribution in [0.3, 0.4) is 0 Å². The van der Waals surface area contributed by atoms with Crippen LogP contribution in [0.5, 0.6) is 5.75 Å². The molecule has 0 bridgehead atoms. The predicted molar refractivity (Wildman–Crippen MR) is 136 cm³/mol. The maximum absolute atomic E-state index is 13.1. The number of anilines is 1. The highest BCUT2D eigenvalue weighted by Crippen LogP contribution is 2.50. The zero-order valence-electron chi connectivity index (χ0n) is 21.7. The van der Waals surface area contributed by atoms with E-state index in [1.54, 1.807) is 4.90 Å². The molecule has 2 aromatic rings. The van der Waals surface area contributed by atoms with Gasteiger partial charge in [0, 0.05) is 38.1 Å². The van der Waals surface area contributed by atoms with E-state index < -0.39 is 19.1 Å². The second kappa shape index (κ2) is 11.0. The van der Waals surface area contributed by atoms with Crippen molar-refractivity contribution in [2.75, 3.05) is 37.7 Å². The van der Waals surface area contributed by atoms with E-state index in [2.05, 4.69) is 39.1 Å². The molecule has 1 amide bonds. The highest BCUT2D eigenvalue weighted by Gasteiger charge is 2.54. The minimum absolute atomic E-state index is 0.0294. The maximum atomic E-state index is 13.1. The number of hydrogen-bond acceptors (Lipinski definition) is 8. The van der Waals surface area contributed by atoms with Gasteiger partial charge in [-0.15, -0.1) is 0 Å². The third kappa shape index (κ3) is 5.83. The summed E-state index contributed by atoms with van der Waals surface area (Å²) in [6.07, 6.45) is -0.412. The van der Waals surface area contributed by atoms with Crippen LogP contribution in [0.15, 0.2) is 42.7 Å². The molecule has 3 atom stereocenters. The van der Waals surface area contributed by atoms with Crippen molar-refractivity contribution in [3.63, 3.8) is 0 Å². The molecule has 3 fully saturated rings. The molecule has 2 aliphatic heterocycles. The second-order valence-corrected chi connectivity index (χ2v) is 11.0. The number of nitrogens with zero attached hydrogens (tertiary/aromatic N) is 5. The van der Waals surface area contributed by atoms with Crippen LogP contribution in [-0.4, -0.2) is 94.5 Å². The Balaban J connectivity index is 1.06. The normalized spacial score (nSPS) is 24.2. The number of aliphatic hydroxyl groups is 1. The summed E-state index contributed by atoms with van der Waals surface area (Å²) in [6, 6.07) is 10.3. The minimum Gasteiger partial charge on any atom is -0.487 e. The molecule has 11 heteroatoms. The van der Waals surface area contributed by atoms with Crippen LogP contribution in [0, 0.1) is 5.41 Å². The molecule has 1 saturated carbocycles. The van der Waals surface area contributed by atoms with E-state index in [1.807, 2.05) is 24.8 Å². The van der Waals surface area contributed by atoms with Gasteiger partial charge in [0.2, 0.25) is 5.95 Å². The number of piperazine rings is 1. The maximum Gasteiger partial charge on any atom is 0.410 e. The van der Waals surface area contributed by atoms with Crippen molar-refractivity contribution in [1.82, 2.24) is 19.8 Å². The molecule has 206 valence electrons. The van der Waals surface area contributed by atoms with Crippen molar-refractivity contribution < 1.29 is 28.2 Å². The number of alkyl halides is 2. The molecule has 1 N–H and O–H groups in total. The van der Waals surface area contributed by atoms with Gasteiger partial charge >= 0.3 is 6.09 Å². The number of amides is 1. The molecule has 9 nitrogen and oxygen atoms in total. The smallest absolute Gasteiger partial charge is 0.410 e. The van der Waals surface area contributed by atoms with E-state index in [4.69, 9.17) is 9.47 Å². The molecule has 1 aromatic carbocycles. The van der Waals surface area contributed by atoms with E-state index in [1.165, 1.54) is 18.0 Å². The number of rotatable bonds is 8. The topological polar surface area (TPSA) is 91.3 Å². The lowest BCUT2D eigenvalue weighted by Gasteiger charge is -2.58. The first-order valence-corrected chi connectivity index (χ1v) is 13.1. The first-order valence-electron chi connectivity index (χ1n) is 13.1. The molecule has 38 heavy (non-hydrogen) atoms. The van der Waals surface area contributed by atoms with Crippen molar-refractivity contribution in [3.05, 3.63) is 48.3 Å². The number of hydrogen-bond donors (Lipinski definition) is 1. The Morgan fingerprint density at radius 2 is 1.74 bits per heavy atom. The van der Waals surface area contributed by atoms with Crippen molar-refractivity contribution in [3.8, 4) is 5.75 Å². The summed E-state index contributed by atoms with van der Waals surface area (Å²) in [5, 5.41) is 9.18. The fourth-order valence-corrected chi connectivity index (χ4v) is 5.95. The van der Waals surface area contributed by atoms with Gasteiger partial charge in [-0.2, -0.15) is 0 Å². The van der Waals surface area contributed by atoms with Crippen LogP contribution < -0.4 is 9.64 Å². The summed E-state index contributed by atoms with van der Waals surface area (Å²) >= 11 is 0. The number of ether oxygens (including phenoxy) is 2. The quantitative estimate of drug-likeness (QED) is 0.556. The van der Waals surface area contributed by atoms with Gasteiger partial charge in [0.15, 0.2) is 5.75 Å². The summed E-state index contributed by atoms with van der Waals surface area (Å²) in [5.74, 6) is 0.661. The van der Waals surface area contributed by atoms with Crippen LogP contribution in [0.1, 0.15) is 32.3 Å². The van der Waals surface area contributed by atoms with Crippen molar-refractivity contribution >= 4 is 12.0 Å². The number of carbonyl (C=O) groups excluding carboxylic acids is 1. The Kier molecular flexibility index (Phi) is 7.67. The van der Waals surface area contributed by atoms with Gasteiger partial charge in [0.25, 0.3) is 6.43 Å². The van der Waals surface area contributed by atoms with Crippen molar-refractivity contribution in [1.29, 1.82) is 0 Å². The van der Waals surface area contributed by atoms with Crippen LogP contribution in [0.2, 0.25) is 0 Å². The van der Waals surface area contributed by atoms with Crippen LogP contribution in [0.4, 0.5) is 19.5 Å². The number of halogens is 2. The highest BCUT2D eigenvalue weighted by molar-refractivity contribution is 5.69. The van der Waals surface area contributed by atoms with Crippen molar-refractivity contribution in [2.45, 2.75) is 64.0 Å². The second-order valence-electron chi connectivity index (χ2n) is 11.0. The molecule has 2 saturated heterocycles. The van der Waals surface area contributed by atoms with Gasteiger partial charge in [-0.05, 0) is 32.3 Å². The average Bonchev–Trinajstić information content (AvgIpc) is 2.85. The molecule has 3 aliphatic rings. The monoisotopic (exact) mass is 531 g/mol. The zero-order valence-corrected chi connectivity index (χ0v) is 21.7. The summed E-state index contributed by atoms with van der Waals surface area (Å²) in [6.45, 7) is 7.55.